The average molecular weight is 320 g/mol. The molecular formula is C19H16N2O3. The van der Waals surface area contributed by atoms with Gasteiger partial charge in [-0.3, -0.25) is 4.79 Å². The van der Waals surface area contributed by atoms with Gasteiger partial charge in [0.15, 0.2) is 6.29 Å². The maximum Gasteiger partial charge on any atom is 0.205 e. The quantitative estimate of drug-likeness (QED) is 0.519. The van der Waals surface area contributed by atoms with Crippen LogP contribution in [0.4, 0.5) is 5.69 Å². The molecule has 24 heavy (non-hydrogen) atoms. The fourth-order valence-electron chi connectivity index (χ4n) is 2.37. The topological polar surface area (TPSA) is 71.4 Å². The molecule has 2 aromatic rings. The Morgan fingerprint density at radius 2 is 1.88 bits per heavy atom. The first-order valence-corrected chi connectivity index (χ1v) is 7.57. The van der Waals surface area contributed by atoms with Crippen LogP contribution in [0.1, 0.15) is 22.2 Å². The van der Waals surface area contributed by atoms with E-state index in [9.17, 15) is 10.1 Å². The molecule has 0 amide bonds. The summed E-state index contributed by atoms with van der Waals surface area (Å²) in [5.74, 6) is -0.347. The van der Waals surface area contributed by atoms with Gasteiger partial charge in [-0.05, 0) is 18.2 Å². The summed E-state index contributed by atoms with van der Waals surface area (Å²) >= 11 is 0. The van der Waals surface area contributed by atoms with Gasteiger partial charge in [-0.2, -0.15) is 5.26 Å². The van der Waals surface area contributed by atoms with Crippen molar-refractivity contribution in [2.24, 2.45) is 0 Å². The number of Topliss-reactive ketones (excluding diaryl/α,β-unsaturated/α-hetero) is 1. The molecule has 0 saturated carbocycles. The maximum absolute atomic E-state index is 12.6. The number of nitrogens with one attached hydrogen (secondary N) is 1. The molecule has 1 aliphatic rings. The third-order valence-corrected chi connectivity index (χ3v) is 3.56. The van der Waals surface area contributed by atoms with Crippen LogP contribution >= 0.6 is 0 Å². The van der Waals surface area contributed by atoms with E-state index in [2.05, 4.69) is 5.32 Å². The standard InChI is InChI=1S/C19H16N2O3/c20-12-16(13-21-17-7-2-1-3-8-17)18(22)14-5-4-6-15(11-14)19-23-9-10-24-19/h1-8,11,13,19,21H,9-10H2/b16-13+. The molecule has 1 saturated heterocycles. The molecule has 0 spiro atoms. The highest BCUT2D eigenvalue weighted by Gasteiger charge is 2.20. The Hall–Kier alpha value is -2.94. The molecule has 0 aliphatic carbocycles. The number of carbonyl (C=O) groups is 1. The zero-order valence-corrected chi connectivity index (χ0v) is 12.9. The van der Waals surface area contributed by atoms with E-state index in [4.69, 9.17) is 9.47 Å². The first kappa shape index (κ1) is 15.9. The molecule has 0 bridgehead atoms. The van der Waals surface area contributed by atoms with Crippen molar-refractivity contribution >= 4 is 11.5 Å². The summed E-state index contributed by atoms with van der Waals surface area (Å²) in [6.07, 6.45) is 0.974. The van der Waals surface area contributed by atoms with Crippen LogP contribution in [0, 0.1) is 11.3 Å². The Bertz CT molecular complexity index is 788. The normalized spacial score (nSPS) is 15.0. The summed E-state index contributed by atoms with van der Waals surface area (Å²) in [6.45, 7) is 1.07. The first-order chi connectivity index (χ1) is 11.8. The van der Waals surface area contributed by atoms with Crippen molar-refractivity contribution in [3.8, 4) is 6.07 Å². The van der Waals surface area contributed by atoms with E-state index in [1.165, 1.54) is 6.20 Å². The maximum atomic E-state index is 12.6. The van der Waals surface area contributed by atoms with Crippen LogP contribution in [-0.2, 0) is 9.47 Å². The number of nitriles is 1. The third kappa shape index (κ3) is 3.69. The number of rotatable bonds is 5. The lowest BCUT2D eigenvalue weighted by molar-refractivity contribution is -0.0441. The minimum Gasteiger partial charge on any atom is -0.360 e. The second-order valence-corrected chi connectivity index (χ2v) is 5.21. The minimum atomic E-state index is -0.449. The van der Waals surface area contributed by atoms with Crippen molar-refractivity contribution in [1.29, 1.82) is 5.26 Å². The SMILES string of the molecule is N#C/C(=C\Nc1ccccc1)C(=O)c1cccc(C2OCCO2)c1. The van der Waals surface area contributed by atoms with Crippen LogP contribution in [-0.4, -0.2) is 19.0 Å². The molecular weight excluding hydrogens is 304 g/mol. The van der Waals surface area contributed by atoms with Crippen molar-refractivity contribution in [1.82, 2.24) is 0 Å². The molecule has 1 N–H and O–H groups in total. The zero-order chi connectivity index (χ0) is 16.8. The van der Waals surface area contributed by atoms with Crippen molar-refractivity contribution in [3.05, 3.63) is 77.5 Å². The summed E-state index contributed by atoms with van der Waals surface area (Å²) in [7, 11) is 0. The van der Waals surface area contributed by atoms with E-state index in [-0.39, 0.29) is 11.4 Å². The van der Waals surface area contributed by atoms with Gasteiger partial charge < -0.3 is 14.8 Å². The van der Waals surface area contributed by atoms with E-state index in [0.29, 0.717) is 18.8 Å². The van der Waals surface area contributed by atoms with E-state index >= 15 is 0 Å². The Morgan fingerprint density at radius 1 is 1.12 bits per heavy atom. The minimum absolute atomic E-state index is 0.0317. The molecule has 1 heterocycles. The van der Waals surface area contributed by atoms with E-state index < -0.39 is 6.29 Å². The fourth-order valence-corrected chi connectivity index (χ4v) is 2.37. The fraction of sp³-hybridized carbons (Fsp3) is 0.158. The number of ether oxygens (including phenoxy) is 2. The highest BCUT2D eigenvalue weighted by molar-refractivity contribution is 6.11. The largest absolute Gasteiger partial charge is 0.360 e. The highest BCUT2D eigenvalue weighted by Crippen LogP contribution is 2.24. The number of carbonyl (C=O) groups excluding carboxylic acids is 1. The van der Waals surface area contributed by atoms with Gasteiger partial charge in [0.05, 0.1) is 13.2 Å². The monoisotopic (exact) mass is 320 g/mol. The van der Waals surface area contributed by atoms with Crippen LogP contribution in [0.25, 0.3) is 0 Å². The van der Waals surface area contributed by atoms with Crippen LogP contribution < -0.4 is 5.32 Å². The van der Waals surface area contributed by atoms with E-state index in [1.807, 2.05) is 42.5 Å². The Kier molecular flexibility index (Phi) is 5.02. The summed E-state index contributed by atoms with van der Waals surface area (Å²) in [5.41, 5.74) is 2.03. The van der Waals surface area contributed by atoms with Gasteiger partial charge in [-0.25, -0.2) is 0 Å². The lowest BCUT2D eigenvalue weighted by atomic mass is 10.0. The molecule has 5 nitrogen and oxygen atoms in total. The second-order valence-electron chi connectivity index (χ2n) is 5.21. The van der Waals surface area contributed by atoms with Crippen molar-refractivity contribution in [3.63, 3.8) is 0 Å². The highest BCUT2D eigenvalue weighted by atomic mass is 16.7. The lowest BCUT2D eigenvalue weighted by Gasteiger charge is -2.10. The van der Waals surface area contributed by atoms with Gasteiger partial charge in [0.1, 0.15) is 11.6 Å². The molecule has 120 valence electrons. The lowest BCUT2D eigenvalue weighted by Crippen LogP contribution is -2.06. The first-order valence-electron chi connectivity index (χ1n) is 7.57. The molecule has 1 aliphatic heterocycles. The third-order valence-electron chi connectivity index (χ3n) is 3.56. The van der Waals surface area contributed by atoms with Gasteiger partial charge in [-0.1, -0.05) is 36.4 Å². The van der Waals surface area contributed by atoms with Gasteiger partial charge in [0.25, 0.3) is 0 Å². The van der Waals surface area contributed by atoms with Crippen molar-refractivity contribution in [2.75, 3.05) is 18.5 Å². The average Bonchev–Trinajstić information content (AvgIpc) is 3.18. The number of allylic oxidation sites excluding steroid dienone is 1. The predicted octanol–water partition coefficient (Wildman–Crippen LogP) is 3.43. The molecule has 0 atom stereocenters. The van der Waals surface area contributed by atoms with Crippen LogP contribution in [0.3, 0.4) is 0 Å². The van der Waals surface area contributed by atoms with Crippen molar-refractivity contribution < 1.29 is 14.3 Å². The molecule has 1 fully saturated rings. The van der Waals surface area contributed by atoms with Crippen LogP contribution in [0.5, 0.6) is 0 Å². The Balaban J connectivity index is 1.78. The summed E-state index contributed by atoms with van der Waals surface area (Å²) in [5, 5.41) is 12.2. The predicted molar refractivity (Wildman–Crippen MR) is 89.2 cm³/mol. The summed E-state index contributed by atoms with van der Waals surface area (Å²) in [6, 6.07) is 18.3. The summed E-state index contributed by atoms with van der Waals surface area (Å²) < 4.78 is 10.9. The molecule has 0 aromatic heterocycles. The molecule has 3 rings (SSSR count). The number of para-hydroxylation sites is 1. The van der Waals surface area contributed by atoms with E-state index in [1.54, 1.807) is 18.2 Å². The number of benzene rings is 2. The van der Waals surface area contributed by atoms with Crippen LogP contribution in [0.2, 0.25) is 0 Å². The Morgan fingerprint density at radius 3 is 2.58 bits per heavy atom. The van der Waals surface area contributed by atoms with Crippen molar-refractivity contribution in [2.45, 2.75) is 6.29 Å². The van der Waals surface area contributed by atoms with Gasteiger partial charge in [0.2, 0.25) is 5.78 Å². The number of ketones is 1. The molecule has 0 unspecified atom stereocenters. The second kappa shape index (κ2) is 7.55. The Labute approximate surface area is 140 Å². The smallest absolute Gasteiger partial charge is 0.205 e. The number of hydrogen-bond donors (Lipinski definition) is 1. The van der Waals surface area contributed by atoms with Crippen LogP contribution in [0.15, 0.2) is 66.4 Å². The molecule has 2 aromatic carbocycles. The molecule has 0 radical (unpaired) electrons. The molecule has 5 heteroatoms. The number of anilines is 1. The number of nitrogens with zero attached hydrogens (tertiary/aromatic N) is 1. The zero-order valence-electron chi connectivity index (χ0n) is 12.9. The van der Waals surface area contributed by atoms with Gasteiger partial charge in [0, 0.05) is 23.0 Å². The number of hydrogen-bond acceptors (Lipinski definition) is 5. The van der Waals surface area contributed by atoms with Gasteiger partial charge >= 0.3 is 0 Å². The summed E-state index contributed by atoms with van der Waals surface area (Å²) in [4.78, 5) is 12.6. The van der Waals surface area contributed by atoms with Gasteiger partial charge in [-0.15, -0.1) is 0 Å². The van der Waals surface area contributed by atoms with E-state index in [0.717, 1.165) is 11.3 Å².